The van der Waals surface area contributed by atoms with E-state index in [1.807, 2.05) is 17.5 Å². The first-order chi connectivity index (χ1) is 9.28. The summed E-state index contributed by atoms with van der Waals surface area (Å²) in [6.07, 6.45) is 6.58. The Morgan fingerprint density at radius 3 is 2.89 bits per heavy atom. The van der Waals surface area contributed by atoms with Gasteiger partial charge in [0, 0.05) is 37.1 Å². The number of halogens is 1. The molecule has 0 unspecified atom stereocenters. The van der Waals surface area contributed by atoms with Crippen molar-refractivity contribution in [1.29, 1.82) is 0 Å². The second-order valence-corrected chi connectivity index (χ2v) is 7.24. The van der Waals surface area contributed by atoms with Gasteiger partial charge in [-0.15, -0.1) is 11.3 Å². The summed E-state index contributed by atoms with van der Waals surface area (Å²) in [6, 6.07) is 0.521. The maximum absolute atomic E-state index is 4.74. The summed E-state index contributed by atoms with van der Waals surface area (Å²) in [6.45, 7) is 3.14. The molecular weight excluding hydrogens is 324 g/mol. The van der Waals surface area contributed by atoms with Crippen LogP contribution in [0.25, 0.3) is 0 Å². The first-order valence-corrected chi connectivity index (χ1v) is 8.31. The molecule has 0 radical (unpaired) electrons. The molecule has 19 heavy (non-hydrogen) atoms. The molecule has 2 aromatic rings. The van der Waals surface area contributed by atoms with Gasteiger partial charge in [-0.3, -0.25) is 9.58 Å². The van der Waals surface area contributed by atoms with Crippen LogP contribution >= 0.6 is 27.3 Å². The van der Waals surface area contributed by atoms with Crippen molar-refractivity contribution >= 4 is 27.3 Å². The average Bonchev–Trinajstić information content (AvgIpc) is 2.94. The molecule has 1 saturated heterocycles. The zero-order valence-corrected chi connectivity index (χ0v) is 12.9. The number of hydrogen-bond donors (Lipinski definition) is 0. The fourth-order valence-electron chi connectivity index (χ4n) is 2.50. The van der Waals surface area contributed by atoms with Crippen molar-refractivity contribution in [3.8, 4) is 0 Å². The lowest BCUT2D eigenvalue weighted by Gasteiger charge is -2.38. The minimum Gasteiger partial charge on any atom is -0.293 e. The van der Waals surface area contributed by atoms with Crippen molar-refractivity contribution in [2.75, 3.05) is 13.1 Å². The van der Waals surface area contributed by atoms with Gasteiger partial charge in [0.1, 0.15) is 0 Å². The highest BCUT2D eigenvalue weighted by atomic mass is 79.9. The van der Waals surface area contributed by atoms with Crippen LogP contribution in [0.1, 0.15) is 35.5 Å². The molecule has 1 aliphatic carbocycles. The summed E-state index contributed by atoms with van der Waals surface area (Å²) >= 11 is 5.27. The Kier molecular flexibility index (Phi) is 2.97. The van der Waals surface area contributed by atoms with Crippen LogP contribution < -0.4 is 0 Å². The van der Waals surface area contributed by atoms with Crippen molar-refractivity contribution in [3.05, 3.63) is 32.9 Å². The summed E-state index contributed by atoms with van der Waals surface area (Å²) in [5, 5.41) is 7.92. The SMILES string of the molecule is Brc1cnn(C2CN(Cc3csc(C4CC4)n3)C2)c1. The molecular formula is C13H15BrN4S. The van der Waals surface area contributed by atoms with Gasteiger partial charge in [0.25, 0.3) is 0 Å². The van der Waals surface area contributed by atoms with Gasteiger partial charge in [0.15, 0.2) is 0 Å². The Morgan fingerprint density at radius 2 is 2.21 bits per heavy atom. The topological polar surface area (TPSA) is 34.0 Å². The third-order valence-corrected chi connectivity index (χ3v) is 5.23. The van der Waals surface area contributed by atoms with E-state index >= 15 is 0 Å². The smallest absolute Gasteiger partial charge is 0.0959 e. The average molecular weight is 339 g/mol. The van der Waals surface area contributed by atoms with E-state index in [2.05, 4.69) is 42.2 Å². The fourth-order valence-corrected chi connectivity index (χ4v) is 3.78. The molecule has 0 bridgehead atoms. The maximum Gasteiger partial charge on any atom is 0.0959 e. The highest BCUT2D eigenvalue weighted by Crippen LogP contribution is 2.41. The largest absolute Gasteiger partial charge is 0.293 e. The molecule has 1 saturated carbocycles. The van der Waals surface area contributed by atoms with E-state index < -0.39 is 0 Å². The number of thiazole rings is 1. The summed E-state index contributed by atoms with van der Waals surface area (Å²) in [7, 11) is 0. The van der Waals surface area contributed by atoms with Gasteiger partial charge in [-0.2, -0.15) is 5.10 Å². The Bertz CT molecular complexity index is 583. The number of nitrogens with zero attached hydrogens (tertiary/aromatic N) is 4. The van der Waals surface area contributed by atoms with Gasteiger partial charge in [0.05, 0.1) is 27.4 Å². The van der Waals surface area contributed by atoms with Crippen LogP contribution in [0, 0.1) is 0 Å². The molecule has 0 atom stereocenters. The molecule has 0 aromatic carbocycles. The molecule has 4 rings (SSSR count). The van der Waals surface area contributed by atoms with Crippen molar-refractivity contribution < 1.29 is 0 Å². The molecule has 0 N–H and O–H groups in total. The molecule has 2 aliphatic rings. The number of hydrogen-bond acceptors (Lipinski definition) is 4. The molecule has 4 nitrogen and oxygen atoms in total. The first-order valence-electron chi connectivity index (χ1n) is 6.64. The molecule has 2 fully saturated rings. The Balaban J connectivity index is 1.33. The van der Waals surface area contributed by atoms with Gasteiger partial charge in [0.2, 0.25) is 0 Å². The van der Waals surface area contributed by atoms with Gasteiger partial charge >= 0.3 is 0 Å². The van der Waals surface area contributed by atoms with E-state index in [0.29, 0.717) is 6.04 Å². The van der Waals surface area contributed by atoms with Crippen molar-refractivity contribution in [3.63, 3.8) is 0 Å². The fraction of sp³-hybridized carbons (Fsp3) is 0.538. The predicted molar refractivity (Wildman–Crippen MR) is 78.3 cm³/mol. The second kappa shape index (κ2) is 4.68. The molecule has 3 heterocycles. The zero-order chi connectivity index (χ0) is 12.8. The predicted octanol–water partition coefficient (Wildman–Crippen LogP) is 3.04. The van der Waals surface area contributed by atoms with E-state index in [1.165, 1.54) is 23.5 Å². The van der Waals surface area contributed by atoms with Gasteiger partial charge in [-0.1, -0.05) is 0 Å². The van der Waals surface area contributed by atoms with Crippen molar-refractivity contribution in [2.24, 2.45) is 0 Å². The van der Waals surface area contributed by atoms with Gasteiger partial charge in [-0.05, 0) is 28.8 Å². The minimum atomic E-state index is 0.521. The normalized spacial score (nSPS) is 20.7. The van der Waals surface area contributed by atoms with Crippen LogP contribution in [0.2, 0.25) is 0 Å². The number of rotatable bonds is 4. The Morgan fingerprint density at radius 1 is 1.37 bits per heavy atom. The highest BCUT2D eigenvalue weighted by molar-refractivity contribution is 9.10. The quantitative estimate of drug-likeness (QED) is 0.859. The Labute approximate surface area is 124 Å². The zero-order valence-electron chi connectivity index (χ0n) is 10.5. The van der Waals surface area contributed by atoms with E-state index in [4.69, 9.17) is 4.98 Å². The van der Waals surface area contributed by atoms with Crippen molar-refractivity contribution in [2.45, 2.75) is 31.3 Å². The molecule has 100 valence electrons. The van der Waals surface area contributed by atoms with Crippen LogP contribution in [0.4, 0.5) is 0 Å². The van der Waals surface area contributed by atoms with Gasteiger partial charge < -0.3 is 0 Å². The molecule has 2 aromatic heterocycles. The number of aromatic nitrogens is 3. The van der Waals surface area contributed by atoms with Crippen LogP contribution in [-0.4, -0.2) is 32.8 Å². The third-order valence-electron chi connectivity index (χ3n) is 3.76. The van der Waals surface area contributed by atoms with E-state index in [9.17, 15) is 0 Å². The summed E-state index contributed by atoms with van der Waals surface area (Å²) in [5.74, 6) is 0.782. The lowest BCUT2D eigenvalue weighted by atomic mass is 10.1. The maximum atomic E-state index is 4.74. The standard InChI is InChI=1S/C13H15BrN4S/c14-10-3-15-18(4-10)12-6-17(7-12)5-11-8-19-13(16-11)9-1-2-9/h3-4,8-9,12H,1-2,5-7H2. The summed E-state index contributed by atoms with van der Waals surface area (Å²) < 4.78 is 3.11. The van der Waals surface area contributed by atoms with Crippen LogP contribution in [0.5, 0.6) is 0 Å². The van der Waals surface area contributed by atoms with Crippen LogP contribution in [-0.2, 0) is 6.54 Å². The molecule has 1 aliphatic heterocycles. The Hall–Kier alpha value is -0.720. The first kappa shape index (κ1) is 12.1. The van der Waals surface area contributed by atoms with Crippen LogP contribution in [0.15, 0.2) is 22.2 Å². The summed E-state index contributed by atoms with van der Waals surface area (Å²) in [5.41, 5.74) is 1.24. The molecule has 0 amide bonds. The van der Waals surface area contributed by atoms with E-state index in [1.54, 1.807) is 0 Å². The molecule has 6 heteroatoms. The monoisotopic (exact) mass is 338 g/mol. The highest BCUT2D eigenvalue weighted by Gasteiger charge is 2.30. The van der Waals surface area contributed by atoms with E-state index in [0.717, 1.165) is 30.0 Å². The minimum absolute atomic E-state index is 0.521. The third kappa shape index (κ3) is 2.49. The second-order valence-electron chi connectivity index (χ2n) is 5.44. The lowest BCUT2D eigenvalue weighted by Crippen LogP contribution is -2.47. The molecule has 0 spiro atoms. The van der Waals surface area contributed by atoms with E-state index in [-0.39, 0.29) is 0 Å². The van der Waals surface area contributed by atoms with Crippen molar-refractivity contribution in [1.82, 2.24) is 19.7 Å². The number of likely N-dealkylation sites (tertiary alicyclic amines) is 1. The summed E-state index contributed by atoms with van der Waals surface area (Å²) in [4.78, 5) is 7.18. The van der Waals surface area contributed by atoms with Gasteiger partial charge in [-0.25, -0.2) is 4.98 Å². The lowest BCUT2D eigenvalue weighted by molar-refractivity contribution is 0.0897. The van der Waals surface area contributed by atoms with Crippen LogP contribution in [0.3, 0.4) is 0 Å².